The fourth-order valence-corrected chi connectivity index (χ4v) is 2.06. The zero-order valence-electron chi connectivity index (χ0n) is 17.4. The van der Waals surface area contributed by atoms with Crippen LogP contribution in [0.15, 0.2) is 107 Å². The topological polar surface area (TPSA) is 144 Å². The monoisotopic (exact) mass is 446 g/mol. The summed E-state index contributed by atoms with van der Waals surface area (Å²) in [6.07, 6.45) is 11.7. The maximum Gasteiger partial charge on any atom is 0.328 e. The van der Waals surface area contributed by atoms with Gasteiger partial charge in [-0.05, 0) is 60.7 Å². The van der Waals surface area contributed by atoms with Crippen molar-refractivity contribution in [1.82, 2.24) is 9.97 Å². The molecular formula is C24H22N4O5. The molecule has 4 aromatic heterocycles. The van der Waals surface area contributed by atoms with Crippen molar-refractivity contribution in [2.45, 2.75) is 0 Å². The minimum Gasteiger partial charge on any atom is -0.478 e. The van der Waals surface area contributed by atoms with Gasteiger partial charge >= 0.3 is 5.97 Å². The van der Waals surface area contributed by atoms with Gasteiger partial charge in [-0.3, -0.25) is 4.79 Å². The molecule has 0 spiro atoms. The first-order valence-corrected chi connectivity index (χ1v) is 9.57. The van der Waals surface area contributed by atoms with Crippen LogP contribution >= 0.6 is 0 Å². The summed E-state index contributed by atoms with van der Waals surface area (Å²) >= 11 is 0. The lowest BCUT2D eigenvalue weighted by Crippen LogP contribution is -2.08. The van der Waals surface area contributed by atoms with Crippen molar-refractivity contribution >= 4 is 35.7 Å². The first-order valence-electron chi connectivity index (χ1n) is 9.57. The zero-order valence-corrected chi connectivity index (χ0v) is 17.4. The summed E-state index contributed by atoms with van der Waals surface area (Å²) in [5.74, 6) is 1.06. The summed E-state index contributed by atoms with van der Waals surface area (Å²) < 4.78 is 9.89. The molecule has 0 saturated carbocycles. The minimum absolute atomic E-state index is 0.241. The third-order valence-electron chi connectivity index (χ3n) is 3.48. The largest absolute Gasteiger partial charge is 0.478 e. The zero-order chi connectivity index (χ0) is 23.7. The lowest BCUT2D eigenvalue weighted by molar-refractivity contribution is -0.131. The van der Waals surface area contributed by atoms with Gasteiger partial charge in [0.05, 0.1) is 12.5 Å². The van der Waals surface area contributed by atoms with Crippen molar-refractivity contribution in [2.75, 3.05) is 11.1 Å². The van der Waals surface area contributed by atoms with E-state index in [0.717, 1.165) is 6.08 Å². The second kappa shape index (κ2) is 14.1. The molecular weight excluding hydrogens is 424 g/mol. The molecule has 4 rings (SSSR count). The summed E-state index contributed by atoms with van der Waals surface area (Å²) in [6, 6.07) is 17.6. The van der Waals surface area contributed by atoms with Crippen LogP contribution in [0.5, 0.6) is 0 Å². The Morgan fingerprint density at radius 2 is 1.42 bits per heavy atom. The number of nitrogens with two attached hydrogens (primary N) is 1. The molecule has 0 aliphatic carbocycles. The molecule has 0 unspecified atom stereocenters. The lowest BCUT2D eigenvalue weighted by atomic mass is 10.4. The molecule has 0 aromatic carbocycles. The SMILES string of the molecule is Nc1ccccn1.O=C(/C=C/c1ccco1)Nc1ccccn1.O=C(O)/C=C/c1ccco1. The molecule has 4 aromatic rings. The van der Waals surface area contributed by atoms with Crippen molar-refractivity contribution in [3.8, 4) is 0 Å². The van der Waals surface area contributed by atoms with Crippen LogP contribution in [0.1, 0.15) is 11.5 Å². The third kappa shape index (κ3) is 11.2. The van der Waals surface area contributed by atoms with Crippen LogP contribution in [0.2, 0.25) is 0 Å². The molecule has 0 aliphatic rings. The van der Waals surface area contributed by atoms with E-state index in [1.165, 1.54) is 18.4 Å². The van der Waals surface area contributed by atoms with E-state index in [9.17, 15) is 9.59 Å². The number of aromatic nitrogens is 2. The van der Waals surface area contributed by atoms with Gasteiger partial charge < -0.3 is 25.0 Å². The maximum atomic E-state index is 11.4. The summed E-state index contributed by atoms with van der Waals surface area (Å²) in [6.45, 7) is 0. The molecule has 0 saturated heterocycles. The number of carboxylic acid groups (broad SMARTS) is 1. The van der Waals surface area contributed by atoms with Crippen LogP contribution in [0.4, 0.5) is 11.6 Å². The summed E-state index contributed by atoms with van der Waals surface area (Å²) in [7, 11) is 0. The molecule has 1 amide bonds. The molecule has 9 heteroatoms. The second-order valence-electron chi connectivity index (χ2n) is 5.99. The van der Waals surface area contributed by atoms with Gasteiger partial charge in [-0.25, -0.2) is 14.8 Å². The number of hydrogen-bond acceptors (Lipinski definition) is 7. The van der Waals surface area contributed by atoms with Crippen molar-refractivity contribution in [1.29, 1.82) is 0 Å². The average molecular weight is 446 g/mol. The number of carbonyl (C=O) groups excluding carboxylic acids is 1. The summed E-state index contributed by atoms with van der Waals surface area (Å²) in [5, 5.41) is 10.8. The number of furan rings is 2. The highest BCUT2D eigenvalue weighted by Gasteiger charge is 1.97. The average Bonchev–Trinajstić information content (AvgIpc) is 3.53. The number of aliphatic carboxylic acids is 1. The van der Waals surface area contributed by atoms with E-state index in [1.807, 2.05) is 12.1 Å². The van der Waals surface area contributed by atoms with Gasteiger partial charge in [0.2, 0.25) is 5.91 Å². The predicted octanol–water partition coefficient (Wildman–Crippen LogP) is 4.37. The first-order chi connectivity index (χ1) is 16.0. The van der Waals surface area contributed by atoms with Gasteiger partial charge in [0.25, 0.3) is 0 Å². The maximum absolute atomic E-state index is 11.4. The number of carboxylic acids is 1. The number of hydrogen-bond donors (Lipinski definition) is 3. The van der Waals surface area contributed by atoms with Gasteiger partial charge in [-0.2, -0.15) is 0 Å². The van der Waals surface area contributed by atoms with Crippen molar-refractivity contribution < 1.29 is 23.5 Å². The molecule has 0 fully saturated rings. The van der Waals surface area contributed by atoms with E-state index in [2.05, 4.69) is 15.3 Å². The third-order valence-corrected chi connectivity index (χ3v) is 3.48. The minimum atomic E-state index is -0.976. The van der Waals surface area contributed by atoms with Gasteiger partial charge in [0.1, 0.15) is 23.2 Å². The number of carbonyl (C=O) groups is 2. The van der Waals surface area contributed by atoms with Crippen LogP contribution in [0.3, 0.4) is 0 Å². The van der Waals surface area contributed by atoms with Gasteiger partial charge in [-0.1, -0.05) is 12.1 Å². The fourth-order valence-electron chi connectivity index (χ4n) is 2.06. The number of rotatable bonds is 5. The summed E-state index contributed by atoms with van der Waals surface area (Å²) in [4.78, 5) is 29.1. The van der Waals surface area contributed by atoms with Gasteiger partial charge in [0, 0.05) is 24.5 Å². The van der Waals surface area contributed by atoms with E-state index in [1.54, 1.807) is 73.3 Å². The van der Waals surface area contributed by atoms with E-state index in [4.69, 9.17) is 19.7 Å². The lowest BCUT2D eigenvalue weighted by Gasteiger charge is -1.98. The highest BCUT2D eigenvalue weighted by molar-refractivity contribution is 6.01. The van der Waals surface area contributed by atoms with Gasteiger partial charge in [-0.15, -0.1) is 0 Å². The standard InChI is InChI=1S/C12H10N2O2.C7H6O3.C5H6N2/c15-12(7-6-10-4-3-9-16-10)14-11-5-1-2-8-13-11;8-7(9)4-3-6-2-1-5-10-6;6-5-3-1-2-4-7-5/h1-9H,(H,13,14,15);1-5H,(H,8,9);1-4H,(H2,6,7)/b7-6+;4-3+;. The Bertz CT molecular complexity index is 1120. The highest BCUT2D eigenvalue weighted by atomic mass is 16.4. The molecule has 4 heterocycles. The number of nitrogens with zero attached hydrogens (tertiary/aromatic N) is 2. The van der Waals surface area contributed by atoms with Crippen LogP contribution in [-0.2, 0) is 9.59 Å². The smallest absolute Gasteiger partial charge is 0.328 e. The molecule has 0 bridgehead atoms. The second-order valence-corrected chi connectivity index (χ2v) is 5.99. The Balaban J connectivity index is 0.000000193. The molecule has 33 heavy (non-hydrogen) atoms. The van der Waals surface area contributed by atoms with Crippen molar-refractivity contribution in [3.63, 3.8) is 0 Å². The molecule has 0 atom stereocenters. The molecule has 9 nitrogen and oxygen atoms in total. The van der Waals surface area contributed by atoms with E-state index < -0.39 is 5.97 Å². The summed E-state index contributed by atoms with van der Waals surface area (Å²) in [5.41, 5.74) is 5.25. The van der Waals surface area contributed by atoms with Crippen molar-refractivity contribution in [3.05, 3.63) is 109 Å². The number of pyridine rings is 2. The quantitative estimate of drug-likeness (QED) is 0.383. The Morgan fingerprint density at radius 3 is 1.85 bits per heavy atom. The van der Waals surface area contributed by atoms with Crippen LogP contribution in [-0.4, -0.2) is 27.0 Å². The Labute approximate surface area is 189 Å². The van der Waals surface area contributed by atoms with Crippen LogP contribution < -0.4 is 11.1 Å². The number of anilines is 2. The number of nitrogens with one attached hydrogen (secondary N) is 1. The molecule has 168 valence electrons. The normalized spacial score (nSPS) is 10.1. The predicted molar refractivity (Wildman–Crippen MR) is 125 cm³/mol. The first kappa shape index (κ1) is 24.4. The Morgan fingerprint density at radius 1 is 0.818 bits per heavy atom. The molecule has 0 aliphatic heterocycles. The fraction of sp³-hybridized carbons (Fsp3) is 0. The molecule has 0 radical (unpaired) electrons. The van der Waals surface area contributed by atoms with Gasteiger partial charge in [0.15, 0.2) is 0 Å². The van der Waals surface area contributed by atoms with Crippen molar-refractivity contribution in [2.24, 2.45) is 0 Å². The van der Waals surface area contributed by atoms with Crippen LogP contribution in [0.25, 0.3) is 12.2 Å². The highest BCUT2D eigenvalue weighted by Crippen LogP contribution is 2.04. The van der Waals surface area contributed by atoms with Crippen LogP contribution in [0, 0.1) is 0 Å². The Kier molecular flexibility index (Phi) is 10.4. The van der Waals surface area contributed by atoms with E-state index in [0.29, 0.717) is 23.2 Å². The van der Waals surface area contributed by atoms with E-state index in [-0.39, 0.29) is 5.91 Å². The Hall–Kier alpha value is -4.92. The molecule has 4 N–H and O–H groups in total. The number of nitrogen functional groups attached to an aromatic ring is 1. The van der Waals surface area contributed by atoms with E-state index >= 15 is 0 Å². The number of amides is 1.